The average molecular weight is 253 g/mol. The molecule has 1 aromatic rings. The van der Waals surface area contributed by atoms with E-state index < -0.39 is 0 Å². The van der Waals surface area contributed by atoms with Crippen LogP contribution in [-0.2, 0) is 11.2 Å². The quantitative estimate of drug-likeness (QED) is 0.785. The van der Waals surface area contributed by atoms with Crippen LogP contribution < -0.4 is 14.8 Å². The third kappa shape index (κ3) is 3.92. The van der Waals surface area contributed by atoms with Gasteiger partial charge < -0.3 is 19.9 Å². The van der Waals surface area contributed by atoms with Gasteiger partial charge in [-0.15, -0.1) is 0 Å². The molecule has 0 spiro atoms. The summed E-state index contributed by atoms with van der Waals surface area (Å²) < 4.78 is 10.3. The van der Waals surface area contributed by atoms with Crippen molar-refractivity contribution in [3.05, 3.63) is 23.8 Å². The Bertz CT molecular complexity index is 406. The van der Waals surface area contributed by atoms with Gasteiger partial charge in [0, 0.05) is 6.04 Å². The molecule has 100 valence electrons. The molecule has 0 aliphatic carbocycles. The Morgan fingerprint density at radius 1 is 1.33 bits per heavy atom. The first kappa shape index (κ1) is 14.3. The molecular formula is C13H19NO4. The van der Waals surface area contributed by atoms with Crippen molar-refractivity contribution in [3.63, 3.8) is 0 Å². The molecule has 1 atom stereocenters. The molecule has 0 fully saturated rings. The fourth-order valence-electron chi connectivity index (χ4n) is 1.55. The van der Waals surface area contributed by atoms with Crippen LogP contribution in [0.2, 0.25) is 0 Å². The van der Waals surface area contributed by atoms with Crippen LogP contribution in [-0.4, -0.2) is 37.9 Å². The Morgan fingerprint density at radius 3 is 2.56 bits per heavy atom. The van der Waals surface area contributed by atoms with Crippen molar-refractivity contribution in [2.75, 3.05) is 20.8 Å². The lowest BCUT2D eigenvalue weighted by atomic mass is 10.1. The average Bonchev–Trinajstić information content (AvgIpc) is 2.38. The topological polar surface area (TPSA) is 67.8 Å². The molecule has 0 saturated carbocycles. The van der Waals surface area contributed by atoms with E-state index in [0.717, 1.165) is 5.56 Å². The Labute approximate surface area is 107 Å². The maximum Gasteiger partial charge on any atom is 0.224 e. The van der Waals surface area contributed by atoms with Crippen molar-refractivity contribution >= 4 is 5.91 Å². The number of nitrogens with one attached hydrogen (secondary N) is 1. The van der Waals surface area contributed by atoms with Gasteiger partial charge in [-0.1, -0.05) is 6.07 Å². The predicted molar refractivity (Wildman–Crippen MR) is 67.9 cm³/mol. The molecule has 0 saturated heterocycles. The molecule has 0 radical (unpaired) electrons. The van der Waals surface area contributed by atoms with Crippen molar-refractivity contribution in [2.24, 2.45) is 0 Å². The number of carbonyl (C=O) groups is 1. The van der Waals surface area contributed by atoms with Crippen molar-refractivity contribution in [1.82, 2.24) is 5.32 Å². The SMILES string of the molecule is COc1ccc(CC(=O)N[C@@H](C)CO)cc1OC. The third-order valence-corrected chi connectivity index (χ3v) is 2.49. The number of amides is 1. The normalized spacial score (nSPS) is 11.8. The smallest absolute Gasteiger partial charge is 0.224 e. The van der Waals surface area contributed by atoms with Gasteiger partial charge in [0.25, 0.3) is 0 Å². The summed E-state index contributed by atoms with van der Waals surface area (Å²) >= 11 is 0. The summed E-state index contributed by atoms with van der Waals surface area (Å²) in [6, 6.07) is 5.10. The molecule has 0 aliphatic heterocycles. The van der Waals surface area contributed by atoms with Gasteiger partial charge in [-0.2, -0.15) is 0 Å². The van der Waals surface area contributed by atoms with Gasteiger partial charge in [-0.05, 0) is 24.6 Å². The fourth-order valence-corrected chi connectivity index (χ4v) is 1.55. The van der Waals surface area contributed by atoms with Crippen LogP contribution in [0.3, 0.4) is 0 Å². The summed E-state index contributed by atoms with van der Waals surface area (Å²) in [5, 5.41) is 11.5. The van der Waals surface area contributed by atoms with Gasteiger partial charge in [-0.3, -0.25) is 4.79 Å². The maximum atomic E-state index is 11.6. The summed E-state index contributed by atoms with van der Waals surface area (Å²) in [6.45, 7) is 1.67. The predicted octanol–water partition coefficient (Wildman–Crippen LogP) is 0.743. The zero-order chi connectivity index (χ0) is 13.5. The minimum Gasteiger partial charge on any atom is -0.493 e. The van der Waals surface area contributed by atoms with Crippen LogP contribution in [0.5, 0.6) is 11.5 Å². The molecule has 1 aromatic carbocycles. The molecule has 1 amide bonds. The Morgan fingerprint density at radius 2 is 2.00 bits per heavy atom. The molecule has 0 aromatic heterocycles. The Balaban J connectivity index is 2.70. The number of rotatable bonds is 6. The first-order chi connectivity index (χ1) is 8.60. The number of hydrogen-bond acceptors (Lipinski definition) is 4. The molecule has 1 rings (SSSR count). The van der Waals surface area contributed by atoms with Gasteiger partial charge in [0.05, 0.1) is 27.2 Å². The first-order valence-corrected chi connectivity index (χ1v) is 5.71. The highest BCUT2D eigenvalue weighted by atomic mass is 16.5. The molecule has 0 bridgehead atoms. The van der Waals surface area contributed by atoms with E-state index in [-0.39, 0.29) is 25.0 Å². The summed E-state index contributed by atoms with van der Waals surface area (Å²) in [6.07, 6.45) is 0.241. The van der Waals surface area contributed by atoms with E-state index in [2.05, 4.69) is 5.32 Å². The lowest BCUT2D eigenvalue weighted by Crippen LogP contribution is -2.35. The van der Waals surface area contributed by atoms with Gasteiger partial charge >= 0.3 is 0 Å². The number of aliphatic hydroxyl groups excluding tert-OH is 1. The van der Waals surface area contributed by atoms with Gasteiger partial charge in [0.15, 0.2) is 11.5 Å². The highest BCUT2D eigenvalue weighted by molar-refractivity contribution is 5.79. The number of carbonyl (C=O) groups excluding carboxylic acids is 1. The molecular weight excluding hydrogens is 234 g/mol. The molecule has 0 heterocycles. The number of ether oxygens (including phenoxy) is 2. The second-order valence-electron chi connectivity index (χ2n) is 4.02. The van der Waals surface area contributed by atoms with Crippen LogP contribution in [0.4, 0.5) is 0 Å². The first-order valence-electron chi connectivity index (χ1n) is 5.71. The molecule has 2 N–H and O–H groups in total. The largest absolute Gasteiger partial charge is 0.493 e. The molecule has 0 unspecified atom stereocenters. The minimum atomic E-state index is -0.238. The van der Waals surface area contributed by atoms with Gasteiger partial charge in [-0.25, -0.2) is 0 Å². The molecule has 5 nitrogen and oxygen atoms in total. The molecule has 0 aliphatic rings. The van der Waals surface area contributed by atoms with Crippen LogP contribution in [0.25, 0.3) is 0 Å². The van der Waals surface area contributed by atoms with Crippen LogP contribution in [0.1, 0.15) is 12.5 Å². The lowest BCUT2D eigenvalue weighted by Gasteiger charge is -2.12. The zero-order valence-electron chi connectivity index (χ0n) is 10.9. The maximum absolute atomic E-state index is 11.6. The minimum absolute atomic E-state index is 0.0718. The van der Waals surface area contributed by atoms with Crippen molar-refractivity contribution in [3.8, 4) is 11.5 Å². The van der Waals surface area contributed by atoms with Crippen LogP contribution >= 0.6 is 0 Å². The Hall–Kier alpha value is -1.75. The number of methoxy groups -OCH3 is 2. The summed E-state index contributed by atoms with van der Waals surface area (Å²) in [4.78, 5) is 11.6. The Kier molecular flexibility index (Phi) is 5.45. The summed E-state index contributed by atoms with van der Waals surface area (Å²) in [5.74, 6) is 1.09. The molecule has 5 heteroatoms. The van der Waals surface area contributed by atoms with E-state index in [4.69, 9.17) is 14.6 Å². The van der Waals surface area contributed by atoms with Crippen LogP contribution in [0, 0.1) is 0 Å². The fraction of sp³-hybridized carbons (Fsp3) is 0.462. The zero-order valence-corrected chi connectivity index (χ0v) is 10.9. The standard InChI is InChI=1S/C13H19NO4/c1-9(8-15)14-13(16)7-10-4-5-11(17-2)12(6-10)18-3/h4-6,9,15H,7-8H2,1-3H3,(H,14,16)/t9-/m0/s1. The monoisotopic (exact) mass is 253 g/mol. The van der Waals surface area contributed by atoms with E-state index >= 15 is 0 Å². The highest BCUT2D eigenvalue weighted by Crippen LogP contribution is 2.27. The van der Waals surface area contributed by atoms with Gasteiger partial charge in [0.1, 0.15) is 0 Å². The van der Waals surface area contributed by atoms with Crippen LogP contribution in [0.15, 0.2) is 18.2 Å². The molecule has 18 heavy (non-hydrogen) atoms. The summed E-state index contributed by atoms with van der Waals surface area (Å²) in [5.41, 5.74) is 0.829. The lowest BCUT2D eigenvalue weighted by molar-refractivity contribution is -0.121. The van der Waals surface area contributed by atoms with Crippen molar-refractivity contribution < 1.29 is 19.4 Å². The highest BCUT2D eigenvalue weighted by Gasteiger charge is 2.10. The van der Waals surface area contributed by atoms with Gasteiger partial charge in [0.2, 0.25) is 5.91 Å². The van der Waals surface area contributed by atoms with Crippen molar-refractivity contribution in [2.45, 2.75) is 19.4 Å². The van der Waals surface area contributed by atoms with E-state index in [1.54, 1.807) is 33.3 Å². The van der Waals surface area contributed by atoms with E-state index in [1.807, 2.05) is 6.07 Å². The van der Waals surface area contributed by atoms with E-state index in [9.17, 15) is 4.79 Å². The van der Waals surface area contributed by atoms with E-state index in [1.165, 1.54) is 0 Å². The number of hydrogen-bond donors (Lipinski definition) is 2. The number of aliphatic hydroxyl groups is 1. The second-order valence-corrected chi connectivity index (χ2v) is 4.02. The number of benzene rings is 1. The van der Waals surface area contributed by atoms with E-state index in [0.29, 0.717) is 11.5 Å². The van der Waals surface area contributed by atoms with Crippen molar-refractivity contribution in [1.29, 1.82) is 0 Å². The second kappa shape index (κ2) is 6.86. The summed E-state index contributed by atoms with van der Waals surface area (Å²) in [7, 11) is 3.11. The third-order valence-electron chi connectivity index (χ3n) is 2.49.